The number of fused-ring (bicyclic) bond motifs is 5. The Morgan fingerprint density at radius 1 is 1.03 bits per heavy atom. The van der Waals surface area contributed by atoms with Gasteiger partial charge in [0.25, 0.3) is 0 Å². The van der Waals surface area contributed by atoms with E-state index in [0.717, 1.165) is 31.1 Å². The van der Waals surface area contributed by atoms with E-state index in [1.165, 1.54) is 12.3 Å². The van der Waals surface area contributed by atoms with Crippen LogP contribution in [0, 0.1) is 22.7 Å². The Morgan fingerprint density at radius 3 is 2.50 bits per heavy atom. The van der Waals surface area contributed by atoms with Crippen molar-refractivity contribution in [1.82, 2.24) is 0 Å². The second kappa shape index (κ2) is 6.50. The molecular weight excluding hydrogens is 384 g/mol. The van der Waals surface area contributed by atoms with Gasteiger partial charge in [-0.05, 0) is 80.8 Å². The Balaban J connectivity index is 1.53. The molecule has 0 amide bonds. The van der Waals surface area contributed by atoms with Gasteiger partial charge in [-0.3, -0.25) is 0 Å². The van der Waals surface area contributed by atoms with Gasteiger partial charge in [-0.1, -0.05) is 6.92 Å². The van der Waals surface area contributed by atoms with E-state index in [-0.39, 0.29) is 35.2 Å². The van der Waals surface area contributed by atoms with Crippen LogP contribution in [0.1, 0.15) is 76.2 Å². The smallest absolute Gasteiger partial charge is 0.335 e. The zero-order valence-electron chi connectivity index (χ0n) is 17.5. The Kier molecular flexibility index (Phi) is 4.42. The van der Waals surface area contributed by atoms with Crippen molar-refractivity contribution >= 4 is 6.29 Å². The minimum Gasteiger partial charge on any atom is -0.431 e. The van der Waals surface area contributed by atoms with Gasteiger partial charge in [0, 0.05) is 17.9 Å². The molecule has 4 saturated carbocycles. The highest BCUT2D eigenvalue weighted by Crippen LogP contribution is 2.70. The summed E-state index contributed by atoms with van der Waals surface area (Å²) in [6, 6.07) is 3.26. The van der Waals surface area contributed by atoms with Gasteiger partial charge in [-0.15, -0.1) is 0 Å². The molecule has 4 aliphatic carbocycles. The number of carbonyl (C=O) groups excluding carboxylic acids is 1. The fourth-order valence-corrected chi connectivity index (χ4v) is 8.25. The van der Waals surface area contributed by atoms with Crippen LogP contribution in [0.5, 0.6) is 0 Å². The van der Waals surface area contributed by atoms with Crippen molar-refractivity contribution in [2.45, 2.75) is 87.9 Å². The Labute approximate surface area is 176 Å². The summed E-state index contributed by atoms with van der Waals surface area (Å²) < 4.78 is 5.12. The van der Waals surface area contributed by atoms with E-state index in [4.69, 9.17) is 4.42 Å². The van der Waals surface area contributed by atoms with Crippen LogP contribution in [-0.4, -0.2) is 38.9 Å². The van der Waals surface area contributed by atoms with E-state index >= 15 is 0 Å². The molecule has 3 N–H and O–H groups in total. The minimum atomic E-state index is -1.18. The van der Waals surface area contributed by atoms with Crippen LogP contribution in [0.25, 0.3) is 0 Å². The van der Waals surface area contributed by atoms with Gasteiger partial charge in [0.15, 0.2) is 0 Å². The SMILES string of the molecule is C[C@]12CC[C@H]3[C@@H](CC[C@]4(O)C[C@@H](O)CC[C@]34C=O)[C@@]1(O)CC[C@@H]2c1ccc(=O)oc1. The third kappa shape index (κ3) is 2.41. The lowest BCUT2D eigenvalue weighted by Gasteiger charge is -2.65. The third-order valence-corrected chi connectivity index (χ3v) is 9.84. The van der Waals surface area contributed by atoms with Crippen LogP contribution in [-0.2, 0) is 4.79 Å². The number of hydrogen-bond acceptors (Lipinski definition) is 6. The summed E-state index contributed by atoms with van der Waals surface area (Å²) >= 11 is 0. The van der Waals surface area contributed by atoms with Crippen molar-refractivity contribution in [2.75, 3.05) is 0 Å². The summed E-state index contributed by atoms with van der Waals surface area (Å²) in [6.45, 7) is 2.14. The van der Waals surface area contributed by atoms with Crippen LogP contribution >= 0.6 is 0 Å². The number of aliphatic hydroxyl groups excluding tert-OH is 1. The molecule has 164 valence electrons. The van der Waals surface area contributed by atoms with E-state index in [9.17, 15) is 24.9 Å². The van der Waals surface area contributed by atoms with Crippen molar-refractivity contribution in [2.24, 2.45) is 22.7 Å². The van der Waals surface area contributed by atoms with Crippen molar-refractivity contribution in [1.29, 1.82) is 0 Å². The monoisotopic (exact) mass is 416 g/mol. The lowest BCUT2D eigenvalue weighted by atomic mass is 9.41. The number of rotatable bonds is 2. The predicted octanol–water partition coefficient (Wildman–Crippen LogP) is 2.54. The first-order chi connectivity index (χ1) is 14.2. The highest BCUT2D eigenvalue weighted by molar-refractivity contribution is 5.64. The molecule has 6 nitrogen and oxygen atoms in total. The van der Waals surface area contributed by atoms with Crippen LogP contribution in [0.2, 0.25) is 0 Å². The maximum atomic E-state index is 12.5. The molecule has 0 aromatic carbocycles. The van der Waals surface area contributed by atoms with E-state index < -0.39 is 22.7 Å². The zero-order chi connectivity index (χ0) is 21.4. The van der Waals surface area contributed by atoms with Gasteiger partial charge in [0.1, 0.15) is 6.29 Å². The molecule has 1 aromatic heterocycles. The predicted molar refractivity (Wildman–Crippen MR) is 109 cm³/mol. The van der Waals surface area contributed by atoms with Gasteiger partial charge in [-0.25, -0.2) is 4.79 Å². The Bertz CT molecular complexity index is 891. The summed E-state index contributed by atoms with van der Waals surface area (Å²) in [5, 5.41) is 33.8. The van der Waals surface area contributed by atoms with Crippen molar-refractivity contribution in [3.8, 4) is 0 Å². The Morgan fingerprint density at radius 2 is 1.80 bits per heavy atom. The largest absolute Gasteiger partial charge is 0.431 e. The molecule has 4 aliphatic rings. The molecule has 30 heavy (non-hydrogen) atoms. The highest BCUT2D eigenvalue weighted by atomic mass is 16.4. The summed E-state index contributed by atoms with van der Waals surface area (Å²) in [5.41, 5.74) is -2.79. The molecule has 8 atom stereocenters. The first-order valence-corrected chi connectivity index (χ1v) is 11.4. The summed E-state index contributed by atoms with van der Waals surface area (Å²) in [7, 11) is 0. The zero-order valence-corrected chi connectivity index (χ0v) is 17.5. The molecule has 0 saturated heterocycles. The molecule has 0 unspecified atom stereocenters. The van der Waals surface area contributed by atoms with Gasteiger partial charge in [0.05, 0.1) is 29.0 Å². The topological polar surface area (TPSA) is 108 Å². The number of carbonyl (C=O) groups is 1. The van der Waals surface area contributed by atoms with E-state index in [1.54, 1.807) is 0 Å². The normalized spacial score (nSPS) is 50.3. The van der Waals surface area contributed by atoms with Crippen molar-refractivity contribution in [3.63, 3.8) is 0 Å². The number of aldehydes is 1. The average molecular weight is 417 g/mol. The van der Waals surface area contributed by atoms with Gasteiger partial charge >= 0.3 is 5.63 Å². The standard InChI is InChI=1S/C24H32O6/c1-21-8-5-18-19(6-10-23(28)12-16(26)4-9-22(18,23)14-25)24(21,29)11-7-17(21)15-2-3-20(27)30-13-15/h2-3,13-14,16-19,26,28-29H,4-12H2,1H3/t16-,17+,18-,19+,21+,22-,23-,24-/m0/s1. The van der Waals surface area contributed by atoms with E-state index in [2.05, 4.69) is 6.92 Å². The lowest BCUT2D eigenvalue weighted by Crippen LogP contribution is -2.68. The first kappa shape index (κ1) is 20.4. The number of hydrogen-bond donors (Lipinski definition) is 3. The van der Waals surface area contributed by atoms with Crippen LogP contribution in [0.3, 0.4) is 0 Å². The fourth-order valence-electron chi connectivity index (χ4n) is 8.25. The molecule has 0 bridgehead atoms. The molecule has 0 spiro atoms. The van der Waals surface area contributed by atoms with Crippen molar-refractivity contribution < 1.29 is 24.5 Å². The van der Waals surface area contributed by atoms with Crippen LogP contribution < -0.4 is 5.63 Å². The first-order valence-electron chi connectivity index (χ1n) is 11.4. The highest BCUT2D eigenvalue weighted by Gasteiger charge is 2.71. The summed E-state index contributed by atoms with van der Waals surface area (Å²) in [6.07, 6.45) is 7.24. The lowest BCUT2D eigenvalue weighted by molar-refractivity contribution is -0.247. The molecule has 4 fully saturated rings. The van der Waals surface area contributed by atoms with Gasteiger partial charge in [0.2, 0.25) is 0 Å². The van der Waals surface area contributed by atoms with E-state index in [1.807, 2.05) is 6.07 Å². The number of aliphatic hydroxyl groups is 3. The second-order valence-corrected chi connectivity index (χ2v) is 10.7. The second-order valence-electron chi connectivity index (χ2n) is 10.7. The Hall–Kier alpha value is -1.50. The maximum Gasteiger partial charge on any atom is 0.335 e. The van der Waals surface area contributed by atoms with Crippen LogP contribution in [0.15, 0.2) is 27.6 Å². The molecular formula is C24H32O6. The summed E-state index contributed by atoms with van der Waals surface area (Å²) in [5.74, 6) is -0.0431. The molecule has 1 aromatic rings. The quantitative estimate of drug-likeness (QED) is 0.640. The average Bonchev–Trinajstić information content (AvgIpc) is 2.99. The molecule has 0 aliphatic heterocycles. The molecule has 1 heterocycles. The van der Waals surface area contributed by atoms with Crippen molar-refractivity contribution in [3.05, 3.63) is 34.4 Å². The van der Waals surface area contributed by atoms with Gasteiger partial charge in [-0.2, -0.15) is 0 Å². The summed E-state index contributed by atoms with van der Waals surface area (Å²) in [4.78, 5) is 23.9. The van der Waals surface area contributed by atoms with Gasteiger partial charge < -0.3 is 24.5 Å². The minimum absolute atomic E-state index is 0.0577. The van der Waals surface area contributed by atoms with Crippen LogP contribution in [0.4, 0.5) is 0 Å². The molecule has 0 radical (unpaired) electrons. The molecule has 5 rings (SSSR count). The maximum absolute atomic E-state index is 12.5. The molecule has 6 heteroatoms. The third-order valence-electron chi connectivity index (χ3n) is 9.84. The van der Waals surface area contributed by atoms with E-state index in [0.29, 0.717) is 32.1 Å². The fraction of sp³-hybridized carbons (Fsp3) is 0.750.